The molecule has 94 valence electrons. The Hall–Kier alpha value is -1.10. The van der Waals surface area contributed by atoms with Crippen molar-refractivity contribution in [2.45, 2.75) is 13.0 Å². The van der Waals surface area contributed by atoms with Crippen molar-refractivity contribution in [1.29, 1.82) is 0 Å². The van der Waals surface area contributed by atoms with Gasteiger partial charge in [-0.1, -0.05) is 11.6 Å². The molecule has 2 rings (SSSR count). The van der Waals surface area contributed by atoms with E-state index < -0.39 is 6.10 Å². The molecule has 0 saturated carbocycles. The lowest BCUT2D eigenvalue weighted by Crippen LogP contribution is -1.95. The highest BCUT2D eigenvalue weighted by Crippen LogP contribution is 2.31. The van der Waals surface area contributed by atoms with E-state index in [1.165, 1.54) is 0 Å². The highest BCUT2D eigenvalue weighted by atomic mass is 79.9. The zero-order chi connectivity index (χ0) is 13.1. The Bertz CT molecular complexity index is 543. The van der Waals surface area contributed by atoms with Crippen LogP contribution in [0.25, 0.3) is 0 Å². The summed E-state index contributed by atoms with van der Waals surface area (Å²) in [5, 5.41) is 9.99. The van der Waals surface area contributed by atoms with Gasteiger partial charge in [0.2, 0.25) is 0 Å². The van der Waals surface area contributed by atoms with E-state index in [-0.39, 0.29) is 0 Å². The molecule has 0 spiro atoms. The van der Waals surface area contributed by atoms with Gasteiger partial charge >= 0.3 is 0 Å². The first-order valence-electron chi connectivity index (χ1n) is 5.33. The van der Waals surface area contributed by atoms with Crippen LogP contribution in [0.3, 0.4) is 0 Å². The summed E-state index contributed by atoms with van der Waals surface area (Å²) in [6, 6.07) is 8.77. The van der Waals surface area contributed by atoms with E-state index in [2.05, 4.69) is 20.9 Å². The molecule has 1 atom stereocenters. The topological polar surface area (TPSA) is 42.4 Å². The summed E-state index contributed by atoms with van der Waals surface area (Å²) in [6.07, 6.45) is 0.990. The number of benzene rings is 1. The SMILES string of the molecule is C[C@H](O)c1ccc(Oc2ccc(Cl)cc2Br)cn1. The minimum Gasteiger partial charge on any atom is -0.455 e. The fourth-order valence-electron chi connectivity index (χ4n) is 1.38. The van der Waals surface area contributed by atoms with Crippen LogP contribution >= 0.6 is 27.5 Å². The molecule has 1 aromatic heterocycles. The standard InChI is InChI=1S/C13H11BrClNO2/c1-8(17)12-4-3-10(7-16-12)18-13-5-2-9(15)6-11(13)14/h2-8,17H,1H3/t8-/m0/s1. The molecule has 0 amide bonds. The van der Waals surface area contributed by atoms with E-state index in [1.54, 1.807) is 43.5 Å². The van der Waals surface area contributed by atoms with E-state index in [1.807, 2.05) is 0 Å². The van der Waals surface area contributed by atoms with Crippen molar-refractivity contribution in [3.8, 4) is 11.5 Å². The lowest BCUT2D eigenvalue weighted by molar-refractivity contribution is 0.194. The number of hydrogen-bond acceptors (Lipinski definition) is 3. The Kier molecular flexibility index (Phi) is 4.22. The summed E-state index contributed by atoms with van der Waals surface area (Å²) >= 11 is 9.22. The largest absolute Gasteiger partial charge is 0.455 e. The van der Waals surface area contributed by atoms with E-state index in [9.17, 15) is 5.11 Å². The molecule has 0 saturated heterocycles. The molecular formula is C13H11BrClNO2. The van der Waals surface area contributed by atoms with Crippen molar-refractivity contribution in [3.63, 3.8) is 0 Å². The molecule has 0 radical (unpaired) electrons. The smallest absolute Gasteiger partial charge is 0.145 e. The molecular weight excluding hydrogens is 318 g/mol. The fourth-order valence-corrected chi connectivity index (χ4v) is 2.15. The fraction of sp³-hybridized carbons (Fsp3) is 0.154. The highest BCUT2D eigenvalue weighted by Gasteiger charge is 2.06. The van der Waals surface area contributed by atoms with Crippen molar-refractivity contribution in [3.05, 3.63) is 51.7 Å². The molecule has 0 unspecified atom stereocenters. The number of hydrogen-bond donors (Lipinski definition) is 1. The normalized spacial score (nSPS) is 12.2. The maximum absolute atomic E-state index is 9.35. The summed E-state index contributed by atoms with van der Waals surface area (Å²) in [5.41, 5.74) is 0.609. The van der Waals surface area contributed by atoms with E-state index in [4.69, 9.17) is 16.3 Å². The second-order valence-electron chi connectivity index (χ2n) is 3.77. The van der Waals surface area contributed by atoms with Gasteiger partial charge in [0.05, 0.1) is 22.5 Å². The molecule has 2 aromatic rings. The van der Waals surface area contributed by atoms with Crippen molar-refractivity contribution in [2.75, 3.05) is 0 Å². The lowest BCUT2D eigenvalue weighted by Gasteiger charge is -2.09. The Morgan fingerprint density at radius 3 is 2.67 bits per heavy atom. The quantitative estimate of drug-likeness (QED) is 0.911. The average Bonchev–Trinajstić information content (AvgIpc) is 2.33. The number of nitrogens with zero attached hydrogens (tertiary/aromatic N) is 1. The van der Waals surface area contributed by atoms with Crippen LogP contribution in [0.2, 0.25) is 5.02 Å². The molecule has 3 nitrogen and oxygen atoms in total. The third-order valence-corrected chi connectivity index (χ3v) is 3.16. The van der Waals surface area contributed by atoms with E-state index >= 15 is 0 Å². The van der Waals surface area contributed by atoms with Gasteiger partial charge in [-0.3, -0.25) is 4.98 Å². The van der Waals surface area contributed by atoms with Crippen molar-refractivity contribution in [1.82, 2.24) is 4.98 Å². The zero-order valence-corrected chi connectivity index (χ0v) is 11.9. The Balaban J connectivity index is 2.18. The van der Waals surface area contributed by atoms with Crippen LogP contribution in [-0.2, 0) is 0 Å². The van der Waals surface area contributed by atoms with E-state index in [0.29, 0.717) is 22.2 Å². The molecule has 18 heavy (non-hydrogen) atoms. The molecule has 0 aliphatic heterocycles. The molecule has 5 heteroatoms. The predicted molar refractivity (Wildman–Crippen MR) is 74.1 cm³/mol. The number of aliphatic hydroxyl groups is 1. The Morgan fingerprint density at radius 2 is 2.11 bits per heavy atom. The van der Waals surface area contributed by atoms with Crippen molar-refractivity contribution in [2.24, 2.45) is 0 Å². The summed E-state index contributed by atoms with van der Waals surface area (Å²) in [6.45, 7) is 1.67. The number of aromatic nitrogens is 1. The zero-order valence-electron chi connectivity index (χ0n) is 9.60. The molecule has 0 bridgehead atoms. The first kappa shape index (κ1) is 13.3. The Labute approximate surface area is 119 Å². The van der Waals surface area contributed by atoms with Crippen LogP contribution in [0.1, 0.15) is 18.7 Å². The molecule has 0 fully saturated rings. The van der Waals surface area contributed by atoms with Gasteiger partial charge in [-0.2, -0.15) is 0 Å². The van der Waals surface area contributed by atoms with Gasteiger partial charge in [-0.25, -0.2) is 0 Å². The Morgan fingerprint density at radius 1 is 1.33 bits per heavy atom. The molecule has 1 aromatic carbocycles. The maximum Gasteiger partial charge on any atom is 0.145 e. The van der Waals surface area contributed by atoms with E-state index in [0.717, 1.165) is 4.47 Å². The monoisotopic (exact) mass is 327 g/mol. The van der Waals surface area contributed by atoms with Gasteiger partial charge < -0.3 is 9.84 Å². The molecule has 0 aliphatic rings. The predicted octanol–water partition coefficient (Wildman–Crippen LogP) is 4.34. The second kappa shape index (κ2) is 5.69. The van der Waals surface area contributed by atoms with Gasteiger partial charge in [0.1, 0.15) is 11.5 Å². The molecule has 1 N–H and O–H groups in total. The first-order chi connectivity index (χ1) is 8.56. The van der Waals surface area contributed by atoms with Crippen molar-refractivity contribution >= 4 is 27.5 Å². The van der Waals surface area contributed by atoms with Crippen LogP contribution in [0.5, 0.6) is 11.5 Å². The number of pyridine rings is 1. The van der Waals surface area contributed by atoms with Crippen LogP contribution in [0.15, 0.2) is 41.0 Å². The van der Waals surface area contributed by atoms with Gasteiger partial charge in [0.15, 0.2) is 0 Å². The second-order valence-corrected chi connectivity index (χ2v) is 5.06. The number of aliphatic hydroxyl groups excluding tert-OH is 1. The lowest BCUT2D eigenvalue weighted by atomic mass is 10.2. The van der Waals surface area contributed by atoms with Crippen molar-refractivity contribution < 1.29 is 9.84 Å². The third-order valence-electron chi connectivity index (χ3n) is 2.31. The van der Waals surface area contributed by atoms with Crippen LogP contribution in [0.4, 0.5) is 0 Å². The van der Waals surface area contributed by atoms with Crippen LogP contribution < -0.4 is 4.74 Å². The summed E-state index contributed by atoms with van der Waals surface area (Å²) < 4.78 is 6.42. The maximum atomic E-state index is 9.35. The minimum atomic E-state index is -0.582. The minimum absolute atomic E-state index is 0.582. The van der Waals surface area contributed by atoms with Gasteiger partial charge in [0, 0.05) is 5.02 Å². The number of ether oxygens (including phenoxy) is 1. The third kappa shape index (κ3) is 3.22. The van der Waals surface area contributed by atoms with Crippen LogP contribution in [-0.4, -0.2) is 10.1 Å². The average molecular weight is 329 g/mol. The summed E-state index contributed by atoms with van der Waals surface area (Å²) in [7, 11) is 0. The van der Waals surface area contributed by atoms with Gasteiger partial charge in [-0.05, 0) is 53.2 Å². The van der Waals surface area contributed by atoms with Gasteiger partial charge in [0.25, 0.3) is 0 Å². The van der Waals surface area contributed by atoms with Gasteiger partial charge in [-0.15, -0.1) is 0 Å². The number of rotatable bonds is 3. The summed E-state index contributed by atoms with van der Waals surface area (Å²) in [4.78, 5) is 4.11. The first-order valence-corrected chi connectivity index (χ1v) is 6.50. The highest BCUT2D eigenvalue weighted by molar-refractivity contribution is 9.10. The van der Waals surface area contributed by atoms with Crippen LogP contribution in [0, 0.1) is 0 Å². The summed E-state index contributed by atoms with van der Waals surface area (Å²) in [5.74, 6) is 1.26. The number of halogens is 2. The molecule has 0 aliphatic carbocycles. The molecule has 1 heterocycles.